The van der Waals surface area contributed by atoms with Gasteiger partial charge in [0.25, 0.3) is 0 Å². The zero-order valence-corrected chi connectivity index (χ0v) is 20.2. The molecule has 0 aliphatic rings. The van der Waals surface area contributed by atoms with Crippen molar-refractivity contribution in [1.29, 1.82) is 0 Å². The summed E-state index contributed by atoms with van der Waals surface area (Å²) in [6, 6.07) is 29.9. The average Bonchev–Trinajstić information content (AvgIpc) is 3.51. The Labute approximate surface area is 201 Å². The molecule has 0 fully saturated rings. The fourth-order valence-electron chi connectivity index (χ4n) is 4.30. The molecule has 0 saturated heterocycles. The van der Waals surface area contributed by atoms with Gasteiger partial charge in [-0.25, -0.2) is 9.97 Å². The number of rotatable bonds is 6. The molecule has 170 valence electrons. The first-order valence-corrected chi connectivity index (χ1v) is 11.9. The van der Waals surface area contributed by atoms with Gasteiger partial charge in [-0.05, 0) is 33.8 Å². The van der Waals surface area contributed by atoms with Crippen molar-refractivity contribution in [2.45, 2.75) is 39.8 Å². The van der Waals surface area contributed by atoms with E-state index in [1.165, 1.54) is 0 Å². The van der Waals surface area contributed by atoms with Crippen LogP contribution in [0.2, 0.25) is 0 Å². The van der Waals surface area contributed by atoms with Crippen molar-refractivity contribution < 1.29 is 0 Å². The van der Waals surface area contributed by atoms with Crippen molar-refractivity contribution >= 4 is 0 Å². The van der Waals surface area contributed by atoms with Gasteiger partial charge in [0.15, 0.2) is 0 Å². The molecule has 4 nitrogen and oxygen atoms in total. The normalized spacial score (nSPS) is 11.5. The molecule has 0 saturated carbocycles. The summed E-state index contributed by atoms with van der Waals surface area (Å²) in [6.45, 7) is 8.78. The summed E-state index contributed by atoms with van der Waals surface area (Å²) in [4.78, 5) is 10.1. The second kappa shape index (κ2) is 9.14. The van der Waals surface area contributed by atoms with Crippen LogP contribution in [0.4, 0.5) is 0 Å². The van der Waals surface area contributed by atoms with Crippen molar-refractivity contribution in [3.8, 4) is 45.3 Å². The van der Waals surface area contributed by atoms with Gasteiger partial charge in [-0.1, -0.05) is 78.9 Å². The molecule has 3 aromatic carbocycles. The Morgan fingerprint density at radius 3 is 1.26 bits per heavy atom. The Bertz CT molecular complexity index is 1290. The number of imidazole rings is 2. The van der Waals surface area contributed by atoms with Crippen LogP contribution in [-0.4, -0.2) is 19.1 Å². The topological polar surface area (TPSA) is 35.6 Å². The van der Waals surface area contributed by atoms with Gasteiger partial charge < -0.3 is 9.13 Å². The molecule has 0 aliphatic heterocycles. The molecule has 2 aromatic heterocycles. The van der Waals surface area contributed by atoms with Crippen LogP contribution in [0, 0.1) is 0 Å². The number of hydrogen-bond donors (Lipinski definition) is 0. The van der Waals surface area contributed by atoms with Gasteiger partial charge in [-0.3, -0.25) is 0 Å². The smallest absolute Gasteiger partial charge is 0.140 e. The van der Waals surface area contributed by atoms with E-state index in [1.54, 1.807) is 0 Å². The molecule has 0 spiro atoms. The average molecular weight is 447 g/mol. The van der Waals surface area contributed by atoms with E-state index < -0.39 is 0 Å². The van der Waals surface area contributed by atoms with Crippen LogP contribution in [0.3, 0.4) is 0 Å². The van der Waals surface area contributed by atoms with Crippen LogP contribution < -0.4 is 0 Å². The molecule has 0 bridgehead atoms. The quantitative estimate of drug-likeness (QED) is 0.266. The Balaban J connectivity index is 1.61. The second-order valence-electron chi connectivity index (χ2n) is 9.21. The molecule has 0 aliphatic carbocycles. The van der Waals surface area contributed by atoms with E-state index >= 15 is 0 Å². The van der Waals surface area contributed by atoms with E-state index in [4.69, 9.17) is 9.97 Å². The third kappa shape index (κ3) is 4.19. The van der Waals surface area contributed by atoms with Gasteiger partial charge in [-0.2, -0.15) is 0 Å². The zero-order chi connectivity index (χ0) is 23.7. The van der Waals surface area contributed by atoms with Gasteiger partial charge in [0.05, 0.1) is 11.4 Å². The largest absolute Gasteiger partial charge is 0.328 e. The summed E-state index contributed by atoms with van der Waals surface area (Å²) in [7, 11) is 0. The van der Waals surface area contributed by atoms with Crippen molar-refractivity contribution in [2.24, 2.45) is 0 Å². The lowest BCUT2D eigenvalue weighted by Crippen LogP contribution is -2.03. The minimum atomic E-state index is 0.297. The lowest BCUT2D eigenvalue weighted by Gasteiger charge is -2.14. The molecule has 0 amide bonds. The van der Waals surface area contributed by atoms with Crippen LogP contribution in [0.5, 0.6) is 0 Å². The maximum Gasteiger partial charge on any atom is 0.140 e. The molecule has 5 rings (SSSR count). The van der Waals surface area contributed by atoms with E-state index in [-0.39, 0.29) is 0 Å². The molecule has 0 N–H and O–H groups in total. The minimum Gasteiger partial charge on any atom is -0.328 e. The van der Waals surface area contributed by atoms with E-state index in [9.17, 15) is 0 Å². The van der Waals surface area contributed by atoms with Crippen LogP contribution in [0.25, 0.3) is 45.3 Å². The zero-order valence-electron chi connectivity index (χ0n) is 20.2. The summed E-state index contributed by atoms with van der Waals surface area (Å²) < 4.78 is 4.51. The molecule has 5 aromatic rings. The Hall–Kier alpha value is -3.92. The summed E-state index contributed by atoms with van der Waals surface area (Å²) in [5.41, 5.74) is 6.42. The third-order valence-corrected chi connectivity index (χ3v) is 6.10. The fraction of sp³-hybridized carbons (Fsp3) is 0.200. The summed E-state index contributed by atoms with van der Waals surface area (Å²) >= 11 is 0. The Morgan fingerprint density at radius 1 is 0.500 bits per heavy atom. The van der Waals surface area contributed by atoms with Crippen molar-refractivity contribution in [3.63, 3.8) is 0 Å². The third-order valence-electron chi connectivity index (χ3n) is 6.10. The lowest BCUT2D eigenvalue weighted by molar-refractivity contribution is 0.606. The van der Waals surface area contributed by atoms with Gasteiger partial charge in [0.2, 0.25) is 0 Å². The van der Waals surface area contributed by atoms with Crippen LogP contribution in [0.15, 0.2) is 97.3 Å². The minimum absolute atomic E-state index is 0.297. The Kier molecular flexibility index (Phi) is 5.89. The van der Waals surface area contributed by atoms with E-state index in [2.05, 4.69) is 122 Å². The Morgan fingerprint density at radius 2 is 0.882 bits per heavy atom. The summed E-state index contributed by atoms with van der Waals surface area (Å²) in [6.07, 6.45) is 4.31. The van der Waals surface area contributed by atoms with Crippen LogP contribution in [0.1, 0.15) is 39.8 Å². The first kappa shape index (κ1) is 21.9. The first-order chi connectivity index (χ1) is 16.5. The first-order valence-electron chi connectivity index (χ1n) is 11.9. The van der Waals surface area contributed by atoms with Crippen molar-refractivity contribution in [3.05, 3.63) is 97.3 Å². The highest BCUT2D eigenvalue weighted by Gasteiger charge is 2.17. The standard InChI is InChI=1S/C30H30N4/c1-21(2)33-19-27(23-12-7-5-8-13-23)31-29(33)25-16-11-17-26(18-25)30-32-28(20-34(30)22(3)4)24-14-9-6-10-15-24/h5-22H,1-4H3. The molecule has 0 unspecified atom stereocenters. The van der Waals surface area contributed by atoms with Gasteiger partial charge >= 0.3 is 0 Å². The lowest BCUT2D eigenvalue weighted by atomic mass is 10.1. The van der Waals surface area contributed by atoms with Crippen LogP contribution in [-0.2, 0) is 0 Å². The fourth-order valence-corrected chi connectivity index (χ4v) is 4.30. The molecule has 34 heavy (non-hydrogen) atoms. The highest BCUT2D eigenvalue weighted by molar-refractivity contribution is 5.71. The SMILES string of the molecule is CC(C)n1cc(-c2ccccc2)nc1-c1cccc(-c2nc(-c3ccccc3)cn2C(C)C)c1. The molecule has 4 heteroatoms. The predicted molar refractivity (Wildman–Crippen MR) is 141 cm³/mol. The van der Waals surface area contributed by atoms with Crippen LogP contribution >= 0.6 is 0 Å². The van der Waals surface area contributed by atoms with E-state index in [1.807, 2.05) is 12.1 Å². The maximum absolute atomic E-state index is 5.05. The van der Waals surface area contributed by atoms with Crippen molar-refractivity contribution in [2.75, 3.05) is 0 Å². The summed E-state index contributed by atoms with van der Waals surface area (Å²) in [5.74, 6) is 1.95. The predicted octanol–water partition coefficient (Wildman–Crippen LogP) is 7.91. The molecule has 0 radical (unpaired) electrons. The molecular formula is C30H30N4. The van der Waals surface area contributed by atoms with E-state index in [0.29, 0.717) is 12.1 Å². The van der Waals surface area contributed by atoms with Gasteiger partial charge in [0, 0.05) is 46.7 Å². The number of benzene rings is 3. The van der Waals surface area contributed by atoms with E-state index in [0.717, 1.165) is 45.3 Å². The summed E-state index contributed by atoms with van der Waals surface area (Å²) in [5, 5.41) is 0. The monoisotopic (exact) mass is 446 g/mol. The van der Waals surface area contributed by atoms with Gasteiger partial charge in [-0.15, -0.1) is 0 Å². The second-order valence-corrected chi connectivity index (χ2v) is 9.21. The highest BCUT2D eigenvalue weighted by Crippen LogP contribution is 2.32. The highest BCUT2D eigenvalue weighted by atomic mass is 15.1. The van der Waals surface area contributed by atoms with Gasteiger partial charge in [0.1, 0.15) is 11.6 Å². The molecule has 2 heterocycles. The maximum atomic E-state index is 5.05. The number of hydrogen-bond acceptors (Lipinski definition) is 2. The number of nitrogens with zero attached hydrogens (tertiary/aromatic N) is 4. The molecular weight excluding hydrogens is 416 g/mol. The molecule has 0 atom stereocenters. The van der Waals surface area contributed by atoms with Crippen molar-refractivity contribution in [1.82, 2.24) is 19.1 Å². The number of aromatic nitrogens is 4.